The molecule has 136 valence electrons. The Morgan fingerprint density at radius 3 is 2.46 bits per heavy atom. The van der Waals surface area contributed by atoms with Gasteiger partial charge < -0.3 is 10.6 Å². The van der Waals surface area contributed by atoms with Gasteiger partial charge in [0.1, 0.15) is 6.04 Å². The predicted octanol–water partition coefficient (Wildman–Crippen LogP) is 3.21. The quantitative estimate of drug-likeness (QED) is 0.840. The second kappa shape index (κ2) is 7.73. The topological polar surface area (TPSA) is 58.2 Å². The monoisotopic (exact) mass is 350 g/mol. The minimum Gasteiger partial charge on any atom is -0.354 e. The molecule has 4 nitrogen and oxygen atoms in total. The van der Waals surface area contributed by atoms with Crippen molar-refractivity contribution in [3.8, 4) is 0 Å². The van der Waals surface area contributed by atoms with Crippen LogP contribution < -0.4 is 10.6 Å². The molecule has 0 aliphatic heterocycles. The fourth-order valence-corrected chi connectivity index (χ4v) is 3.46. The molecular weight excluding hydrogens is 324 g/mol. The van der Waals surface area contributed by atoms with Gasteiger partial charge in [-0.15, -0.1) is 0 Å². The molecule has 0 saturated heterocycles. The lowest BCUT2D eigenvalue weighted by Crippen LogP contribution is -2.50. The SMILES string of the molecule is Cc1ccccc1C(=O)NC(C(=O)NCC1Cc2ccccc21)C(C)C. The third-order valence-corrected chi connectivity index (χ3v) is 5.11. The van der Waals surface area contributed by atoms with Gasteiger partial charge in [-0.25, -0.2) is 0 Å². The van der Waals surface area contributed by atoms with Crippen LogP contribution in [0.1, 0.15) is 46.8 Å². The number of hydrogen-bond acceptors (Lipinski definition) is 2. The van der Waals surface area contributed by atoms with E-state index in [2.05, 4.69) is 22.8 Å². The van der Waals surface area contributed by atoms with Crippen LogP contribution in [0.25, 0.3) is 0 Å². The van der Waals surface area contributed by atoms with Crippen LogP contribution in [0.5, 0.6) is 0 Å². The van der Waals surface area contributed by atoms with E-state index < -0.39 is 6.04 Å². The lowest BCUT2D eigenvalue weighted by atomic mass is 9.77. The van der Waals surface area contributed by atoms with E-state index in [0.29, 0.717) is 18.0 Å². The van der Waals surface area contributed by atoms with Gasteiger partial charge in [0.2, 0.25) is 5.91 Å². The van der Waals surface area contributed by atoms with Crippen molar-refractivity contribution < 1.29 is 9.59 Å². The van der Waals surface area contributed by atoms with Crippen LogP contribution in [0, 0.1) is 12.8 Å². The van der Waals surface area contributed by atoms with Crippen molar-refractivity contribution in [2.45, 2.75) is 39.2 Å². The average molecular weight is 350 g/mol. The highest BCUT2D eigenvalue weighted by atomic mass is 16.2. The molecule has 2 aromatic rings. The van der Waals surface area contributed by atoms with Crippen LogP contribution in [0.3, 0.4) is 0 Å². The van der Waals surface area contributed by atoms with Gasteiger partial charge in [0.15, 0.2) is 0 Å². The van der Waals surface area contributed by atoms with E-state index in [1.165, 1.54) is 11.1 Å². The van der Waals surface area contributed by atoms with Crippen LogP contribution >= 0.6 is 0 Å². The number of benzene rings is 2. The van der Waals surface area contributed by atoms with Gasteiger partial charge in [-0.1, -0.05) is 56.3 Å². The van der Waals surface area contributed by atoms with Crippen molar-refractivity contribution >= 4 is 11.8 Å². The second-order valence-corrected chi connectivity index (χ2v) is 7.36. The molecule has 0 aromatic heterocycles. The van der Waals surface area contributed by atoms with Crippen LogP contribution in [-0.2, 0) is 11.2 Å². The normalized spacial score (nSPS) is 16.4. The summed E-state index contributed by atoms with van der Waals surface area (Å²) in [5.74, 6) is 0.0592. The van der Waals surface area contributed by atoms with Gasteiger partial charge in [0, 0.05) is 18.0 Å². The lowest BCUT2D eigenvalue weighted by molar-refractivity contribution is -0.124. The zero-order valence-electron chi connectivity index (χ0n) is 15.6. The molecule has 0 heterocycles. The van der Waals surface area contributed by atoms with Crippen LogP contribution in [-0.4, -0.2) is 24.4 Å². The zero-order valence-corrected chi connectivity index (χ0v) is 15.6. The Labute approximate surface area is 155 Å². The number of fused-ring (bicyclic) bond motifs is 1. The lowest BCUT2D eigenvalue weighted by Gasteiger charge is -2.31. The predicted molar refractivity (Wildman–Crippen MR) is 103 cm³/mol. The summed E-state index contributed by atoms with van der Waals surface area (Å²) in [6.07, 6.45) is 0.998. The van der Waals surface area contributed by atoms with E-state index in [1.807, 2.05) is 51.1 Å². The van der Waals surface area contributed by atoms with E-state index >= 15 is 0 Å². The molecule has 1 aliphatic rings. The van der Waals surface area contributed by atoms with Crippen LogP contribution in [0.2, 0.25) is 0 Å². The first-order valence-electron chi connectivity index (χ1n) is 9.19. The molecule has 3 rings (SSSR count). The van der Waals surface area contributed by atoms with Crippen molar-refractivity contribution in [2.24, 2.45) is 5.92 Å². The number of rotatable bonds is 6. The number of hydrogen-bond donors (Lipinski definition) is 2. The van der Waals surface area contributed by atoms with Gasteiger partial charge in [0.05, 0.1) is 0 Å². The van der Waals surface area contributed by atoms with Crippen molar-refractivity contribution in [2.75, 3.05) is 6.54 Å². The van der Waals surface area contributed by atoms with Crippen molar-refractivity contribution in [1.29, 1.82) is 0 Å². The Hall–Kier alpha value is -2.62. The fraction of sp³-hybridized carbons (Fsp3) is 0.364. The molecule has 2 aromatic carbocycles. The number of nitrogens with one attached hydrogen (secondary N) is 2. The van der Waals surface area contributed by atoms with Gasteiger partial charge in [0.25, 0.3) is 5.91 Å². The Balaban J connectivity index is 1.60. The standard InChI is InChI=1S/C22H26N2O2/c1-14(2)20(24-21(25)18-10-6-4-8-15(18)3)22(26)23-13-17-12-16-9-5-7-11-19(16)17/h4-11,14,17,20H,12-13H2,1-3H3,(H,23,26)(H,24,25). The molecule has 0 fully saturated rings. The highest BCUT2D eigenvalue weighted by molar-refractivity contribution is 5.98. The maximum absolute atomic E-state index is 12.7. The average Bonchev–Trinajstić information content (AvgIpc) is 2.60. The van der Waals surface area contributed by atoms with Crippen molar-refractivity contribution in [3.63, 3.8) is 0 Å². The van der Waals surface area contributed by atoms with E-state index in [9.17, 15) is 9.59 Å². The van der Waals surface area contributed by atoms with Crippen molar-refractivity contribution in [3.05, 3.63) is 70.8 Å². The van der Waals surface area contributed by atoms with Gasteiger partial charge in [-0.3, -0.25) is 9.59 Å². The Kier molecular flexibility index (Phi) is 5.40. The molecule has 26 heavy (non-hydrogen) atoms. The number of carbonyl (C=O) groups excluding carboxylic acids is 2. The zero-order chi connectivity index (χ0) is 18.7. The summed E-state index contributed by atoms with van der Waals surface area (Å²) in [5.41, 5.74) is 4.19. The van der Waals surface area contributed by atoms with Crippen molar-refractivity contribution in [1.82, 2.24) is 10.6 Å². The minimum atomic E-state index is -0.544. The second-order valence-electron chi connectivity index (χ2n) is 7.36. The maximum Gasteiger partial charge on any atom is 0.252 e. The summed E-state index contributed by atoms with van der Waals surface area (Å²) in [7, 11) is 0. The van der Waals surface area contributed by atoms with Crippen LogP contribution in [0.4, 0.5) is 0 Å². The Morgan fingerprint density at radius 2 is 1.77 bits per heavy atom. The third-order valence-electron chi connectivity index (χ3n) is 5.11. The molecule has 0 bridgehead atoms. The van der Waals surface area contributed by atoms with E-state index in [1.54, 1.807) is 6.07 Å². The highest BCUT2D eigenvalue weighted by Gasteiger charge is 2.29. The molecule has 2 N–H and O–H groups in total. The Bertz CT molecular complexity index is 813. The molecule has 0 saturated carbocycles. The van der Waals surface area contributed by atoms with Gasteiger partial charge in [-0.2, -0.15) is 0 Å². The summed E-state index contributed by atoms with van der Waals surface area (Å²) in [6.45, 7) is 6.40. The largest absolute Gasteiger partial charge is 0.354 e. The molecular formula is C22H26N2O2. The highest BCUT2D eigenvalue weighted by Crippen LogP contribution is 2.34. The van der Waals surface area contributed by atoms with E-state index in [4.69, 9.17) is 0 Å². The van der Waals surface area contributed by atoms with E-state index in [-0.39, 0.29) is 17.7 Å². The molecule has 2 amide bonds. The molecule has 2 atom stereocenters. The fourth-order valence-electron chi connectivity index (χ4n) is 3.46. The number of carbonyl (C=O) groups is 2. The summed E-state index contributed by atoms with van der Waals surface area (Å²) in [6, 6.07) is 15.2. The summed E-state index contributed by atoms with van der Waals surface area (Å²) < 4.78 is 0. The van der Waals surface area contributed by atoms with E-state index in [0.717, 1.165) is 12.0 Å². The molecule has 0 spiro atoms. The molecule has 1 aliphatic carbocycles. The third kappa shape index (κ3) is 3.79. The summed E-state index contributed by atoms with van der Waals surface area (Å²) in [4.78, 5) is 25.2. The molecule has 0 radical (unpaired) electrons. The maximum atomic E-state index is 12.7. The number of aryl methyl sites for hydroxylation is 1. The summed E-state index contributed by atoms with van der Waals surface area (Å²) >= 11 is 0. The minimum absolute atomic E-state index is 0.0108. The first-order valence-corrected chi connectivity index (χ1v) is 9.19. The first-order chi connectivity index (χ1) is 12.5. The smallest absolute Gasteiger partial charge is 0.252 e. The van der Waals surface area contributed by atoms with Gasteiger partial charge in [-0.05, 0) is 42.0 Å². The Morgan fingerprint density at radius 1 is 1.08 bits per heavy atom. The van der Waals surface area contributed by atoms with Gasteiger partial charge >= 0.3 is 0 Å². The summed E-state index contributed by atoms with van der Waals surface area (Å²) in [5, 5.41) is 5.93. The molecule has 4 heteroatoms. The number of amides is 2. The first kappa shape index (κ1) is 18.2. The van der Waals surface area contributed by atoms with Crippen LogP contribution in [0.15, 0.2) is 48.5 Å². The molecule has 2 unspecified atom stereocenters.